The number of benzene rings is 9. The van der Waals surface area contributed by atoms with E-state index in [-0.39, 0.29) is 35.1 Å². The lowest BCUT2D eigenvalue weighted by molar-refractivity contribution is -0.385. The van der Waals surface area contributed by atoms with Crippen LogP contribution in [0.25, 0.3) is 11.1 Å². The summed E-state index contributed by atoms with van der Waals surface area (Å²) in [6.07, 6.45) is 2.56. The Balaban J connectivity index is 0.000000243. The zero-order valence-electron chi connectivity index (χ0n) is 63.3. The molecule has 0 aliphatic rings. The van der Waals surface area contributed by atoms with Crippen LogP contribution in [0.2, 0.25) is 0 Å². The fourth-order valence-corrected chi connectivity index (χ4v) is 15.3. The summed E-state index contributed by atoms with van der Waals surface area (Å²) in [5.74, 6) is 0.776. The topological polar surface area (TPSA) is 511 Å². The average Bonchev–Trinajstić information content (AvgIpc) is 0.811. The molecule has 8 amide bonds. The molecule has 0 atom stereocenters. The Morgan fingerprint density at radius 3 is 0.983 bits per heavy atom. The molecule has 9 aromatic rings. The Bertz CT molecular complexity index is 5650. The minimum Gasteiger partial charge on any atom is -0.456 e. The Labute approximate surface area is 713 Å². The van der Waals surface area contributed by atoms with Crippen molar-refractivity contribution in [1.82, 2.24) is 40.2 Å². The molecule has 0 spiro atoms. The first-order valence-corrected chi connectivity index (χ1v) is 43.5. The van der Waals surface area contributed by atoms with Gasteiger partial charge in [0.05, 0.1) is 19.7 Å². The number of rotatable bonds is 27. The zero-order valence-corrected chi connectivity index (χ0v) is 73.1. The first kappa shape index (κ1) is 94.7. The molecule has 0 unspecified atom stereocenters. The average molecular weight is 2030 g/mol. The Kier molecular flexibility index (Phi) is 34.5. The minimum atomic E-state index is -4.47. The van der Waals surface area contributed by atoms with Gasteiger partial charge in [-0.05, 0) is 232 Å². The van der Waals surface area contributed by atoms with Crippen LogP contribution in [0.3, 0.4) is 0 Å². The maximum atomic E-state index is 12.9. The Hall–Kier alpha value is -11.2. The van der Waals surface area contributed by atoms with Gasteiger partial charge in [-0.3, -0.25) is 40.5 Å². The van der Waals surface area contributed by atoms with Crippen molar-refractivity contribution in [1.29, 1.82) is 0 Å². The van der Waals surface area contributed by atoms with Gasteiger partial charge in [-0.25, -0.2) is 71.7 Å². The van der Waals surface area contributed by atoms with Crippen molar-refractivity contribution in [2.45, 2.75) is 119 Å². The highest BCUT2D eigenvalue weighted by Crippen LogP contribution is 2.38. The first-order chi connectivity index (χ1) is 54.7. The quantitative estimate of drug-likeness (QED) is 0.0103. The molecule has 0 aromatic heterocycles. The van der Waals surface area contributed by atoms with Crippen molar-refractivity contribution in [3.05, 3.63) is 251 Å². The normalized spacial score (nSPS) is 11.2. The minimum absolute atomic E-state index is 0.135. The van der Waals surface area contributed by atoms with E-state index in [9.17, 15) is 93.3 Å². The summed E-state index contributed by atoms with van der Waals surface area (Å²) in [5.41, 5.74) is 0.414. The lowest BCUT2D eigenvalue weighted by atomic mass is 10.0. The molecule has 0 fully saturated rings. The van der Waals surface area contributed by atoms with Crippen LogP contribution in [-0.2, 0) is 40.1 Å². The lowest BCUT2D eigenvalue weighted by Gasteiger charge is -2.21. The fourth-order valence-electron chi connectivity index (χ4n) is 9.47. The number of non-ortho nitro benzene ring substituents is 4. The molecule has 43 heteroatoms. The third kappa shape index (κ3) is 30.8. The SMILES string of the molecule is CC(C)(C)NC(=O)NS(=O)(=O)c1cc([N+](=O)[O-])ccc1Oc1cccc(I)c1.CC(C)NC(=O)NS(=O)(=O)c1cc([N+](=O)[O-])ccc1Oc1cccc(I)c1.CCCCCNC(=O)NS(=O)(=O)c1cc([N+](=O)[O-])ccc1Oc1cccc(I)c1.Cc1ccc(-c2cccc(Oc3ccc([N+](=O)[O-])cc3S(=O)(=O)NC(=O)NC(C)C)c2)cc1. The van der Waals surface area contributed by atoms with E-state index < -0.39 is 132 Å². The number of urea groups is 4. The van der Waals surface area contributed by atoms with Crippen LogP contribution in [0.4, 0.5) is 41.9 Å². The van der Waals surface area contributed by atoms with Crippen molar-refractivity contribution in [3.8, 4) is 57.1 Å². The number of hydrogen-bond acceptors (Lipinski definition) is 24. The maximum Gasteiger partial charge on any atom is 0.329 e. The number of aryl methyl sites for hydroxylation is 1. The van der Waals surface area contributed by atoms with Gasteiger partial charge in [-0.2, -0.15) is 0 Å². The third-order valence-corrected chi connectivity index (χ3v) is 22.0. The second kappa shape index (κ2) is 42.6. The van der Waals surface area contributed by atoms with Gasteiger partial charge in [0.25, 0.3) is 62.8 Å². The summed E-state index contributed by atoms with van der Waals surface area (Å²) in [5, 5.41) is 54.1. The van der Waals surface area contributed by atoms with E-state index in [1.807, 2.05) is 81.3 Å². The molecule has 0 radical (unpaired) electrons. The van der Waals surface area contributed by atoms with E-state index in [4.69, 9.17) is 18.9 Å². The summed E-state index contributed by atoms with van der Waals surface area (Å²) in [6.45, 7) is 16.0. The van der Waals surface area contributed by atoms with E-state index in [2.05, 4.69) is 89.0 Å². The number of nitro benzene ring substituents is 4. The number of hydrogen-bond donors (Lipinski definition) is 8. The molecule has 0 heterocycles. The Morgan fingerprint density at radius 2 is 0.692 bits per heavy atom. The second-order valence-electron chi connectivity index (χ2n) is 26.1. The largest absolute Gasteiger partial charge is 0.456 e. The van der Waals surface area contributed by atoms with E-state index in [0.29, 0.717) is 36.0 Å². The van der Waals surface area contributed by atoms with Crippen LogP contribution in [-0.4, -0.2) is 102 Å². The zero-order chi connectivity index (χ0) is 86.9. The van der Waals surface area contributed by atoms with Gasteiger partial charge in [0.15, 0.2) is 0 Å². The maximum absolute atomic E-state index is 12.9. The molecule has 117 heavy (non-hydrogen) atoms. The van der Waals surface area contributed by atoms with Crippen molar-refractivity contribution < 1.29 is 91.5 Å². The van der Waals surface area contributed by atoms with Crippen molar-refractivity contribution in [3.63, 3.8) is 0 Å². The van der Waals surface area contributed by atoms with Crippen molar-refractivity contribution in [2.24, 2.45) is 0 Å². The summed E-state index contributed by atoms with van der Waals surface area (Å²) >= 11 is 6.19. The van der Waals surface area contributed by atoms with E-state index in [0.717, 1.165) is 88.8 Å². The van der Waals surface area contributed by atoms with Gasteiger partial charge in [-0.1, -0.05) is 79.9 Å². The Morgan fingerprint density at radius 1 is 0.393 bits per heavy atom. The first-order valence-electron chi connectivity index (χ1n) is 34.3. The van der Waals surface area contributed by atoms with Crippen LogP contribution >= 0.6 is 67.8 Å². The molecule has 0 aliphatic carbocycles. The van der Waals surface area contributed by atoms with Crippen LogP contribution in [0.1, 0.15) is 80.2 Å². The van der Waals surface area contributed by atoms with Crippen LogP contribution < -0.4 is 59.1 Å². The number of nitrogens with zero attached hydrogens (tertiary/aromatic N) is 4. The molecule has 0 saturated carbocycles. The number of nitrogens with one attached hydrogen (secondary N) is 8. The molecule has 622 valence electrons. The molecule has 0 bridgehead atoms. The molecule has 8 N–H and O–H groups in total. The molecule has 0 saturated heterocycles. The molecule has 36 nitrogen and oxygen atoms in total. The number of unbranched alkanes of at least 4 members (excludes halogenated alkanes) is 2. The van der Waals surface area contributed by atoms with Crippen molar-refractivity contribution >= 4 is 155 Å². The number of halogens is 3. The summed E-state index contributed by atoms with van der Waals surface area (Å²) in [4.78, 5) is 87.1. The van der Waals surface area contributed by atoms with Crippen molar-refractivity contribution in [2.75, 3.05) is 6.54 Å². The van der Waals surface area contributed by atoms with Gasteiger partial charge in [-0.15, -0.1) is 0 Å². The van der Waals surface area contributed by atoms with E-state index >= 15 is 0 Å². The van der Waals surface area contributed by atoms with Gasteiger partial charge in [0.2, 0.25) is 0 Å². The van der Waals surface area contributed by atoms with Gasteiger partial charge >= 0.3 is 24.1 Å². The number of carbonyl (C=O) groups is 4. The predicted octanol–water partition coefficient (Wildman–Crippen LogP) is 16.1. The smallest absolute Gasteiger partial charge is 0.329 e. The number of sulfonamides is 4. The molecule has 9 rings (SSSR count). The highest BCUT2D eigenvalue weighted by Gasteiger charge is 2.32. The highest BCUT2D eigenvalue weighted by atomic mass is 127. The molecule has 9 aromatic carbocycles. The third-order valence-electron chi connectivity index (χ3n) is 14.5. The monoisotopic (exact) mass is 2030 g/mol. The lowest BCUT2D eigenvalue weighted by Crippen LogP contribution is -2.48. The van der Waals surface area contributed by atoms with Gasteiger partial charge in [0, 0.05) is 83.4 Å². The predicted molar refractivity (Wildman–Crippen MR) is 457 cm³/mol. The highest BCUT2D eigenvalue weighted by molar-refractivity contribution is 14.1. The number of carbonyl (C=O) groups excluding carboxylic acids is 4. The summed E-state index contributed by atoms with van der Waals surface area (Å²) in [7, 11) is -17.7. The molecular formula is C74H77I3N12O24S4. The molecular weight excluding hydrogens is 1950 g/mol. The summed E-state index contributed by atoms with van der Waals surface area (Å²) < 4.78 is 134. The second-order valence-corrected chi connectivity index (χ2v) is 36.4. The van der Waals surface area contributed by atoms with Crippen LogP contribution in [0.5, 0.6) is 46.0 Å². The van der Waals surface area contributed by atoms with E-state index in [1.54, 1.807) is 121 Å². The fraction of sp³-hybridized carbons (Fsp3) is 0.216. The standard InChI is InChI=1S/C23H23N3O6S.C18H20IN3O6S.C17H18IN3O6S.C16H16IN3O6S/c1-15(2)24-23(27)25-33(30,31)22-14-19(26(28)29)11-12-21(22)32-20-6-4-5-18(13-20)17-9-7-16(3)8-10-17;1-2-3-4-10-20-18(23)21-29(26,27)17-12-14(22(24)25)8-9-16(17)28-15-7-5-6-13(19)11-15;1-17(2,3)19-16(22)20-28(25,26)15-10-12(21(23)24)7-8-14(15)27-13-6-4-5-11(18)9-13;1-10(2)18-16(21)19-27(24,25)15-9-12(20(22)23)6-7-14(15)26-13-5-3-4-11(17)8-13/h4-15H,1-3H3,(H2,24,25,27);5-9,11-12H,2-4,10H2,1H3,(H2,20,21,23);4-10H,1-3H3,(H2,19,20,22);3-10H,1-2H3,(H2,18,19,21). The number of ether oxygens (including phenoxy) is 4. The van der Waals surface area contributed by atoms with Crippen LogP contribution in [0, 0.1) is 58.1 Å². The van der Waals surface area contributed by atoms with E-state index in [1.165, 1.54) is 24.3 Å². The van der Waals surface area contributed by atoms with Gasteiger partial charge < -0.3 is 40.2 Å². The number of amides is 8. The van der Waals surface area contributed by atoms with Crippen LogP contribution in [0.15, 0.2) is 214 Å². The van der Waals surface area contributed by atoms with Gasteiger partial charge in [0.1, 0.15) is 65.6 Å². The summed E-state index contributed by atoms with van der Waals surface area (Å²) in [6, 6.07) is 43.5. The number of nitro groups is 4. The molecule has 0 aliphatic heterocycles.